The van der Waals surface area contributed by atoms with E-state index in [0.717, 1.165) is 6.33 Å². The first kappa shape index (κ1) is 13.6. The van der Waals surface area contributed by atoms with Crippen LogP contribution in [0.2, 0.25) is 5.02 Å². The standard InChI is InChI=1S/C11H7BrClN3O3/c12-6-3-5(1-2-7(6)13)16-10(17)8-9(11(18)19)15-4-14-8/h1-4H,(H,14,15)(H,16,17)(H,18,19). The van der Waals surface area contributed by atoms with E-state index in [1.165, 1.54) is 0 Å². The van der Waals surface area contributed by atoms with Gasteiger partial charge in [-0.15, -0.1) is 0 Å². The highest BCUT2D eigenvalue weighted by molar-refractivity contribution is 9.10. The van der Waals surface area contributed by atoms with Crippen molar-refractivity contribution in [2.45, 2.75) is 0 Å². The molecule has 3 N–H and O–H groups in total. The number of imidazole rings is 1. The highest BCUT2D eigenvalue weighted by Crippen LogP contribution is 2.25. The minimum atomic E-state index is -1.25. The minimum absolute atomic E-state index is 0.182. The van der Waals surface area contributed by atoms with Crippen molar-refractivity contribution in [1.82, 2.24) is 9.97 Å². The number of hydrogen-bond acceptors (Lipinski definition) is 3. The van der Waals surface area contributed by atoms with E-state index >= 15 is 0 Å². The van der Waals surface area contributed by atoms with E-state index < -0.39 is 11.9 Å². The Labute approximate surface area is 120 Å². The summed E-state index contributed by atoms with van der Waals surface area (Å²) in [5, 5.41) is 11.9. The molecule has 1 aromatic carbocycles. The van der Waals surface area contributed by atoms with Gasteiger partial charge in [0.1, 0.15) is 0 Å². The zero-order valence-electron chi connectivity index (χ0n) is 9.28. The predicted octanol–water partition coefficient (Wildman–Crippen LogP) is 2.78. The molecule has 2 rings (SSSR count). The molecular formula is C11H7BrClN3O3. The second kappa shape index (κ2) is 5.41. The molecule has 1 heterocycles. The first-order valence-electron chi connectivity index (χ1n) is 5.02. The van der Waals surface area contributed by atoms with Gasteiger partial charge in [0.05, 0.1) is 11.3 Å². The van der Waals surface area contributed by atoms with E-state index in [9.17, 15) is 9.59 Å². The number of benzene rings is 1. The molecular weight excluding hydrogens is 337 g/mol. The minimum Gasteiger partial charge on any atom is -0.477 e. The van der Waals surface area contributed by atoms with Crippen LogP contribution in [0.15, 0.2) is 29.0 Å². The Bertz CT molecular complexity index is 656. The number of carbonyl (C=O) groups excluding carboxylic acids is 1. The number of carboxylic acid groups (broad SMARTS) is 1. The van der Waals surface area contributed by atoms with Crippen LogP contribution in [0.4, 0.5) is 5.69 Å². The summed E-state index contributed by atoms with van der Waals surface area (Å²) < 4.78 is 0.618. The van der Waals surface area contributed by atoms with Crippen molar-refractivity contribution in [1.29, 1.82) is 0 Å². The fourth-order valence-corrected chi connectivity index (χ4v) is 1.89. The quantitative estimate of drug-likeness (QED) is 0.798. The van der Waals surface area contributed by atoms with Gasteiger partial charge in [-0.1, -0.05) is 11.6 Å². The Kier molecular flexibility index (Phi) is 3.87. The number of H-pyrrole nitrogens is 1. The van der Waals surface area contributed by atoms with Crippen molar-refractivity contribution < 1.29 is 14.7 Å². The van der Waals surface area contributed by atoms with Gasteiger partial charge < -0.3 is 15.4 Å². The zero-order valence-corrected chi connectivity index (χ0v) is 11.6. The maximum absolute atomic E-state index is 11.9. The number of carbonyl (C=O) groups is 2. The van der Waals surface area contributed by atoms with Crippen LogP contribution in [-0.2, 0) is 0 Å². The lowest BCUT2D eigenvalue weighted by molar-refractivity contribution is 0.0686. The highest BCUT2D eigenvalue weighted by Gasteiger charge is 2.19. The van der Waals surface area contributed by atoms with E-state index in [1.807, 2.05) is 0 Å². The fourth-order valence-electron chi connectivity index (χ4n) is 1.39. The predicted molar refractivity (Wildman–Crippen MR) is 72.7 cm³/mol. The molecule has 0 spiro atoms. The first-order valence-corrected chi connectivity index (χ1v) is 6.19. The number of aromatic amines is 1. The van der Waals surface area contributed by atoms with Gasteiger partial charge in [-0.05, 0) is 34.1 Å². The van der Waals surface area contributed by atoms with Crippen molar-refractivity contribution in [2.24, 2.45) is 0 Å². The summed E-state index contributed by atoms with van der Waals surface area (Å²) in [6.45, 7) is 0. The summed E-state index contributed by atoms with van der Waals surface area (Å²) in [7, 11) is 0. The Morgan fingerprint density at radius 2 is 2.16 bits per heavy atom. The average molecular weight is 345 g/mol. The Morgan fingerprint density at radius 1 is 1.42 bits per heavy atom. The van der Waals surface area contributed by atoms with E-state index in [1.54, 1.807) is 18.2 Å². The molecule has 0 aliphatic heterocycles. The molecule has 0 aliphatic rings. The molecule has 1 aromatic heterocycles. The van der Waals surface area contributed by atoms with Gasteiger partial charge in [0.25, 0.3) is 5.91 Å². The number of rotatable bonds is 3. The lowest BCUT2D eigenvalue weighted by Crippen LogP contribution is -2.16. The van der Waals surface area contributed by atoms with Gasteiger partial charge in [-0.3, -0.25) is 4.79 Å². The molecule has 0 unspecified atom stereocenters. The largest absolute Gasteiger partial charge is 0.477 e. The smallest absolute Gasteiger partial charge is 0.354 e. The third-order valence-electron chi connectivity index (χ3n) is 2.25. The van der Waals surface area contributed by atoms with Crippen LogP contribution >= 0.6 is 27.5 Å². The summed E-state index contributed by atoms with van der Waals surface area (Å²) in [4.78, 5) is 28.8. The summed E-state index contributed by atoms with van der Waals surface area (Å²) in [5.41, 5.74) is 0.0321. The third-order valence-corrected chi connectivity index (χ3v) is 3.46. The van der Waals surface area contributed by atoms with Crippen molar-refractivity contribution in [2.75, 3.05) is 5.32 Å². The number of nitrogens with one attached hydrogen (secondary N) is 2. The molecule has 8 heteroatoms. The van der Waals surface area contributed by atoms with Crippen LogP contribution in [0.3, 0.4) is 0 Å². The highest BCUT2D eigenvalue weighted by atomic mass is 79.9. The van der Waals surface area contributed by atoms with Gasteiger partial charge in [0.15, 0.2) is 11.4 Å². The van der Waals surface area contributed by atoms with Gasteiger partial charge in [0.2, 0.25) is 0 Å². The number of halogens is 2. The summed E-state index contributed by atoms with van der Waals surface area (Å²) in [5.74, 6) is -1.87. The number of carboxylic acids is 1. The van der Waals surface area contributed by atoms with Gasteiger partial charge in [0, 0.05) is 10.2 Å². The second-order valence-corrected chi connectivity index (χ2v) is 4.78. The number of hydrogen-bond donors (Lipinski definition) is 3. The summed E-state index contributed by atoms with van der Waals surface area (Å²) in [6.07, 6.45) is 1.15. The molecule has 6 nitrogen and oxygen atoms in total. The van der Waals surface area contributed by atoms with Crippen molar-refractivity contribution in [3.8, 4) is 0 Å². The van der Waals surface area contributed by atoms with E-state index in [4.69, 9.17) is 16.7 Å². The molecule has 98 valence electrons. The topological polar surface area (TPSA) is 95.1 Å². The summed E-state index contributed by atoms with van der Waals surface area (Å²) in [6, 6.07) is 4.80. The molecule has 2 aromatic rings. The first-order chi connectivity index (χ1) is 8.99. The lowest BCUT2D eigenvalue weighted by atomic mass is 10.2. The number of anilines is 1. The van der Waals surface area contributed by atoms with Gasteiger partial charge in [-0.2, -0.15) is 0 Å². The maximum Gasteiger partial charge on any atom is 0.354 e. The number of nitrogens with zero attached hydrogens (tertiary/aromatic N) is 1. The van der Waals surface area contributed by atoms with Crippen LogP contribution in [0.5, 0.6) is 0 Å². The molecule has 0 radical (unpaired) electrons. The molecule has 0 aliphatic carbocycles. The summed E-state index contributed by atoms with van der Waals surface area (Å²) >= 11 is 9.05. The Hall–Kier alpha value is -1.86. The second-order valence-electron chi connectivity index (χ2n) is 3.51. The van der Waals surface area contributed by atoms with Gasteiger partial charge >= 0.3 is 5.97 Å². The number of amides is 1. The van der Waals surface area contributed by atoms with Gasteiger partial charge in [-0.25, -0.2) is 9.78 Å². The SMILES string of the molecule is O=C(Nc1ccc(Cl)c(Br)c1)c1nc[nH]c1C(=O)O. The van der Waals surface area contributed by atoms with Crippen molar-refractivity contribution in [3.05, 3.63) is 45.4 Å². The lowest BCUT2D eigenvalue weighted by Gasteiger charge is -2.05. The number of aromatic carboxylic acids is 1. The van der Waals surface area contributed by atoms with Crippen LogP contribution in [0, 0.1) is 0 Å². The van der Waals surface area contributed by atoms with Crippen LogP contribution in [0.25, 0.3) is 0 Å². The Balaban J connectivity index is 2.23. The van der Waals surface area contributed by atoms with Crippen molar-refractivity contribution in [3.63, 3.8) is 0 Å². The van der Waals surface area contributed by atoms with E-state index in [-0.39, 0.29) is 11.4 Å². The molecule has 0 fully saturated rings. The normalized spacial score (nSPS) is 10.2. The monoisotopic (exact) mass is 343 g/mol. The molecule has 1 amide bonds. The van der Waals surface area contributed by atoms with Crippen molar-refractivity contribution >= 4 is 45.1 Å². The molecule has 0 bridgehead atoms. The third kappa shape index (κ3) is 2.94. The molecule has 0 atom stereocenters. The molecule has 0 saturated heterocycles. The zero-order chi connectivity index (χ0) is 14.0. The molecule has 19 heavy (non-hydrogen) atoms. The van der Waals surface area contributed by atoms with Crippen LogP contribution < -0.4 is 5.32 Å². The number of aromatic nitrogens is 2. The van der Waals surface area contributed by atoms with E-state index in [2.05, 4.69) is 31.2 Å². The maximum atomic E-state index is 11.9. The average Bonchev–Trinajstić information content (AvgIpc) is 2.83. The van der Waals surface area contributed by atoms with Crippen LogP contribution in [0.1, 0.15) is 21.0 Å². The van der Waals surface area contributed by atoms with E-state index in [0.29, 0.717) is 15.2 Å². The Morgan fingerprint density at radius 3 is 2.79 bits per heavy atom. The molecule has 0 saturated carbocycles. The fraction of sp³-hybridized carbons (Fsp3) is 0. The van der Waals surface area contributed by atoms with Crippen LogP contribution in [-0.4, -0.2) is 27.0 Å².